The second-order valence-corrected chi connectivity index (χ2v) is 9.35. The predicted molar refractivity (Wildman–Crippen MR) is 105 cm³/mol. The van der Waals surface area contributed by atoms with Gasteiger partial charge in [0, 0.05) is 19.6 Å². The van der Waals surface area contributed by atoms with Gasteiger partial charge in [-0.1, -0.05) is 13.3 Å². The molecule has 1 aromatic carbocycles. The number of nitrogens with one attached hydrogen (secondary N) is 1. The number of benzene rings is 1. The van der Waals surface area contributed by atoms with Crippen LogP contribution in [0.3, 0.4) is 0 Å². The molecule has 2 saturated heterocycles. The third kappa shape index (κ3) is 4.13. The molecule has 0 aliphatic carbocycles. The van der Waals surface area contributed by atoms with Crippen molar-refractivity contribution in [2.24, 2.45) is 0 Å². The average Bonchev–Trinajstić information content (AvgIpc) is 3.21. The highest BCUT2D eigenvalue weighted by Crippen LogP contribution is 2.40. The lowest BCUT2D eigenvalue weighted by molar-refractivity contribution is -0.152. The van der Waals surface area contributed by atoms with Gasteiger partial charge in [0.15, 0.2) is 0 Å². The number of hydrogen-bond donors (Lipinski definition) is 2. The molecule has 0 saturated carbocycles. The molecule has 9 nitrogen and oxygen atoms in total. The van der Waals surface area contributed by atoms with E-state index in [1.54, 1.807) is 22.6 Å². The molecule has 1 amide bonds. The zero-order valence-electron chi connectivity index (χ0n) is 16.7. The summed E-state index contributed by atoms with van der Waals surface area (Å²) < 4.78 is 38.3. The third-order valence-corrected chi connectivity index (χ3v) is 7.82. The van der Waals surface area contributed by atoms with Gasteiger partial charge in [-0.15, -0.1) is 0 Å². The first-order chi connectivity index (χ1) is 14.0. The first kappa shape index (κ1) is 22.0. The molecule has 1 unspecified atom stereocenters. The topological polar surface area (TPSA) is 108 Å². The summed E-state index contributed by atoms with van der Waals surface area (Å²) in [7, 11) is -4.14. The number of hydrogen-bond acceptors (Lipinski definition) is 8. The summed E-state index contributed by atoms with van der Waals surface area (Å²) >= 11 is 0. The van der Waals surface area contributed by atoms with Crippen LogP contribution in [0, 0.1) is 0 Å². The summed E-state index contributed by atoms with van der Waals surface area (Å²) in [6.07, 6.45) is 2.52. The van der Waals surface area contributed by atoms with Gasteiger partial charge in [0.2, 0.25) is 14.7 Å². The molecule has 0 spiro atoms. The summed E-state index contributed by atoms with van der Waals surface area (Å²) in [5, 5.41) is 12.8. The molecule has 2 aliphatic heterocycles. The van der Waals surface area contributed by atoms with E-state index < -0.39 is 20.6 Å². The van der Waals surface area contributed by atoms with Crippen molar-refractivity contribution in [3.8, 4) is 5.75 Å². The number of hydrazine groups is 1. The molecule has 29 heavy (non-hydrogen) atoms. The van der Waals surface area contributed by atoms with E-state index in [9.17, 15) is 18.4 Å². The van der Waals surface area contributed by atoms with E-state index in [4.69, 9.17) is 9.47 Å². The fourth-order valence-electron chi connectivity index (χ4n) is 3.90. The standard InChI is InChI=1S/C19H29N3O6S/c1-2-3-13-28-16-5-7-17(8-6-16)29(25,26)19(18(23)20-24)9-4-10-22(19)21-11-14-27-15-12-21/h5-8,24H,2-4,9-15H2,1H3,(H,20,23). The highest BCUT2D eigenvalue weighted by atomic mass is 32.2. The maximum absolute atomic E-state index is 13.7. The van der Waals surface area contributed by atoms with Crippen LogP contribution in [0.5, 0.6) is 5.75 Å². The number of carbonyl (C=O) groups is 1. The number of carbonyl (C=O) groups excluding carboxylic acids is 1. The van der Waals surface area contributed by atoms with Crippen molar-refractivity contribution >= 4 is 15.7 Å². The zero-order chi connectivity index (χ0) is 20.9. The number of nitrogens with zero attached hydrogens (tertiary/aromatic N) is 2. The smallest absolute Gasteiger partial charge is 0.281 e. The predicted octanol–water partition coefficient (Wildman–Crippen LogP) is 1.18. The van der Waals surface area contributed by atoms with Crippen LogP contribution in [0.15, 0.2) is 29.2 Å². The average molecular weight is 428 g/mol. The van der Waals surface area contributed by atoms with Crippen molar-refractivity contribution in [2.45, 2.75) is 42.4 Å². The third-order valence-electron chi connectivity index (χ3n) is 5.43. The molecule has 2 N–H and O–H groups in total. The molecule has 0 radical (unpaired) electrons. The van der Waals surface area contributed by atoms with Gasteiger partial charge >= 0.3 is 0 Å². The van der Waals surface area contributed by atoms with Crippen LogP contribution in [-0.4, -0.2) is 73.9 Å². The normalized spacial score (nSPS) is 23.8. The molecule has 1 aromatic rings. The van der Waals surface area contributed by atoms with Gasteiger partial charge in [-0.2, -0.15) is 0 Å². The van der Waals surface area contributed by atoms with E-state index >= 15 is 0 Å². The van der Waals surface area contributed by atoms with Crippen LogP contribution >= 0.6 is 0 Å². The summed E-state index contributed by atoms with van der Waals surface area (Å²) in [6.45, 7) is 4.91. The quantitative estimate of drug-likeness (QED) is 0.362. The van der Waals surface area contributed by atoms with Crippen LogP contribution < -0.4 is 10.2 Å². The maximum Gasteiger partial charge on any atom is 0.281 e. The Morgan fingerprint density at radius 2 is 1.93 bits per heavy atom. The van der Waals surface area contributed by atoms with E-state index in [1.165, 1.54) is 12.1 Å². The fourth-order valence-corrected chi connectivity index (χ4v) is 5.97. The van der Waals surface area contributed by atoms with Gasteiger partial charge in [-0.3, -0.25) is 10.0 Å². The monoisotopic (exact) mass is 427 g/mol. The van der Waals surface area contributed by atoms with Crippen molar-refractivity contribution in [1.29, 1.82) is 0 Å². The Balaban J connectivity index is 1.94. The second kappa shape index (κ2) is 9.40. The number of morpholine rings is 1. The fraction of sp³-hybridized carbons (Fsp3) is 0.632. The molecule has 162 valence electrons. The van der Waals surface area contributed by atoms with Crippen LogP contribution in [-0.2, 0) is 19.4 Å². The molecule has 1 atom stereocenters. The van der Waals surface area contributed by atoms with Crippen molar-refractivity contribution < 1.29 is 27.9 Å². The molecule has 3 rings (SSSR count). The Morgan fingerprint density at radius 1 is 1.24 bits per heavy atom. The summed E-state index contributed by atoms with van der Waals surface area (Å²) in [5.41, 5.74) is 1.60. The zero-order valence-corrected chi connectivity index (χ0v) is 17.5. The van der Waals surface area contributed by atoms with E-state index in [0.29, 0.717) is 51.6 Å². The molecule has 2 fully saturated rings. The van der Waals surface area contributed by atoms with Gasteiger partial charge in [-0.05, 0) is 43.5 Å². The number of amides is 1. The SMILES string of the molecule is CCCCOc1ccc(S(=O)(=O)C2(C(=O)NO)CCCN2N2CCOCC2)cc1. The summed E-state index contributed by atoms with van der Waals surface area (Å²) in [6, 6.07) is 6.11. The lowest BCUT2D eigenvalue weighted by Crippen LogP contribution is -2.65. The lowest BCUT2D eigenvalue weighted by atomic mass is 10.2. The largest absolute Gasteiger partial charge is 0.494 e. The van der Waals surface area contributed by atoms with E-state index in [2.05, 4.69) is 6.92 Å². The Kier molecular flexibility index (Phi) is 7.12. The van der Waals surface area contributed by atoms with Crippen LogP contribution in [0.1, 0.15) is 32.6 Å². The van der Waals surface area contributed by atoms with E-state index in [0.717, 1.165) is 12.8 Å². The Hall–Kier alpha value is -1.72. The Morgan fingerprint density at radius 3 is 2.55 bits per heavy atom. The van der Waals surface area contributed by atoms with Crippen molar-refractivity contribution in [3.05, 3.63) is 24.3 Å². The van der Waals surface area contributed by atoms with Crippen LogP contribution in [0.4, 0.5) is 0 Å². The molecule has 10 heteroatoms. The van der Waals surface area contributed by atoms with Gasteiger partial charge < -0.3 is 9.47 Å². The highest BCUT2D eigenvalue weighted by molar-refractivity contribution is 7.93. The molecule has 0 aromatic heterocycles. The minimum Gasteiger partial charge on any atom is -0.494 e. The minimum atomic E-state index is -4.14. The van der Waals surface area contributed by atoms with Crippen molar-refractivity contribution in [3.63, 3.8) is 0 Å². The Bertz CT molecular complexity index is 795. The minimum absolute atomic E-state index is 0.0177. The van der Waals surface area contributed by atoms with Gasteiger partial charge in [0.25, 0.3) is 5.91 Å². The first-order valence-corrected chi connectivity index (χ1v) is 11.5. The highest BCUT2D eigenvalue weighted by Gasteiger charge is 2.60. The molecular weight excluding hydrogens is 398 g/mol. The van der Waals surface area contributed by atoms with E-state index in [1.807, 2.05) is 5.01 Å². The van der Waals surface area contributed by atoms with E-state index in [-0.39, 0.29) is 11.3 Å². The molecule has 2 aliphatic rings. The van der Waals surface area contributed by atoms with Crippen molar-refractivity contribution in [2.75, 3.05) is 39.5 Å². The van der Waals surface area contributed by atoms with Crippen molar-refractivity contribution in [1.82, 2.24) is 15.5 Å². The summed E-state index contributed by atoms with van der Waals surface area (Å²) in [5.74, 6) is -0.362. The maximum atomic E-state index is 13.7. The van der Waals surface area contributed by atoms with Crippen LogP contribution in [0.25, 0.3) is 0 Å². The molecule has 2 heterocycles. The number of sulfone groups is 1. The van der Waals surface area contributed by atoms with Crippen LogP contribution in [0.2, 0.25) is 0 Å². The van der Waals surface area contributed by atoms with Gasteiger partial charge in [0.1, 0.15) is 5.75 Å². The number of ether oxygens (including phenoxy) is 2. The number of hydroxylamine groups is 1. The van der Waals surface area contributed by atoms with Gasteiger partial charge in [0.05, 0.1) is 24.7 Å². The molecular formula is C19H29N3O6S. The second-order valence-electron chi connectivity index (χ2n) is 7.19. The molecule has 0 bridgehead atoms. The Labute approximate surface area is 171 Å². The summed E-state index contributed by atoms with van der Waals surface area (Å²) in [4.78, 5) is 10.9. The lowest BCUT2D eigenvalue weighted by Gasteiger charge is -2.43. The number of rotatable bonds is 8. The number of unbranched alkanes of at least 4 members (excludes halogenated alkanes) is 1. The van der Waals surface area contributed by atoms with Gasteiger partial charge in [-0.25, -0.2) is 23.9 Å². The first-order valence-electron chi connectivity index (χ1n) is 9.99.